The van der Waals surface area contributed by atoms with Gasteiger partial charge in [0.25, 0.3) is 0 Å². The third-order valence-electron chi connectivity index (χ3n) is 3.49. The molecule has 0 aliphatic carbocycles. The number of nitrogens with zero attached hydrogens (tertiary/aromatic N) is 1. The predicted molar refractivity (Wildman–Crippen MR) is 76.2 cm³/mol. The highest BCUT2D eigenvalue weighted by molar-refractivity contribution is 6.58. The van der Waals surface area contributed by atoms with Crippen LogP contribution in [0.5, 0.6) is 0 Å². The molecular weight excluding hydrogens is 241 g/mol. The van der Waals surface area contributed by atoms with Crippen molar-refractivity contribution in [2.75, 3.05) is 20.2 Å². The van der Waals surface area contributed by atoms with Gasteiger partial charge in [0.2, 0.25) is 0 Å². The Hall–Kier alpha value is -0.875. The second-order valence-corrected chi connectivity index (χ2v) is 5.30. The fraction of sp³-hybridized carbons (Fsp3) is 0.571. The summed E-state index contributed by atoms with van der Waals surface area (Å²) in [6.45, 7) is 2.59. The first-order chi connectivity index (χ1) is 9.15. The van der Waals surface area contributed by atoms with Crippen LogP contribution in [0.2, 0.25) is 0 Å². The molecule has 1 heterocycles. The molecule has 1 atom stereocenters. The third-order valence-corrected chi connectivity index (χ3v) is 3.49. The van der Waals surface area contributed by atoms with Crippen molar-refractivity contribution in [2.24, 2.45) is 0 Å². The van der Waals surface area contributed by atoms with Gasteiger partial charge in [0.05, 0.1) is 6.10 Å². The fourth-order valence-corrected chi connectivity index (χ4v) is 2.53. The van der Waals surface area contributed by atoms with Crippen molar-refractivity contribution in [1.29, 1.82) is 0 Å². The van der Waals surface area contributed by atoms with Crippen molar-refractivity contribution in [3.63, 3.8) is 0 Å². The summed E-state index contributed by atoms with van der Waals surface area (Å²) in [6, 6.07) is 7.42. The number of benzene rings is 1. The van der Waals surface area contributed by atoms with E-state index in [2.05, 4.69) is 11.9 Å². The average molecular weight is 263 g/mol. The molecule has 1 aromatic carbocycles. The van der Waals surface area contributed by atoms with Crippen molar-refractivity contribution in [2.45, 2.75) is 31.9 Å². The molecule has 19 heavy (non-hydrogen) atoms. The molecule has 1 aliphatic rings. The van der Waals surface area contributed by atoms with E-state index in [9.17, 15) is 0 Å². The van der Waals surface area contributed by atoms with E-state index in [0.29, 0.717) is 11.6 Å². The Morgan fingerprint density at radius 2 is 2.21 bits per heavy atom. The van der Waals surface area contributed by atoms with E-state index in [-0.39, 0.29) is 0 Å². The predicted octanol–water partition coefficient (Wildman–Crippen LogP) is 0.367. The minimum absolute atomic E-state index is 0.338. The van der Waals surface area contributed by atoms with Crippen LogP contribution in [0.25, 0.3) is 0 Å². The van der Waals surface area contributed by atoms with E-state index in [4.69, 9.17) is 14.8 Å². The zero-order valence-electron chi connectivity index (χ0n) is 11.5. The lowest BCUT2D eigenvalue weighted by Crippen LogP contribution is -2.34. The molecule has 0 aromatic heterocycles. The zero-order valence-corrected chi connectivity index (χ0v) is 11.5. The highest BCUT2D eigenvalue weighted by Crippen LogP contribution is 2.14. The Labute approximate surface area is 115 Å². The van der Waals surface area contributed by atoms with E-state index in [1.54, 1.807) is 6.07 Å². The minimum Gasteiger partial charge on any atom is -0.423 e. The second-order valence-electron chi connectivity index (χ2n) is 5.30. The third kappa shape index (κ3) is 4.62. The van der Waals surface area contributed by atoms with Crippen LogP contribution in [-0.4, -0.2) is 48.4 Å². The Kier molecular flexibility index (Phi) is 5.40. The molecular formula is C14H22BNO3. The van der Waals surface area contributed by atoms with Gasteiger partial charge in [-0.2, -0.15) is 0 Å². The first kappa shape index (κ1) is 14.5. The maximum absolute atomic E-state index is 9.17. The summed E-state index contributed by atoms with van der Waals surface area (Å²) in [5, 5.41) is 18.3. The Balaban J connectivity index is 1.87. The number of likely N-dealkylation sites (N-methyl/N-ethyl adjacent to an activating group) is 1. The maximum Gasteiger partial charge on any atom is 0.488 e. The highest BCUT2D eigenvalue weighted by Gasteiger charge is 2.16. The second kappa shape index (κ2) is 7.05. The molecule has 0 radical (unpaired) electrons. The summed E-state index contributed by atoms with van der Waals surface area (Å²) in [4.78, 5) is 2.22. The van der Waals surface area contributed by atoms with Gasteiger partial charge in [0.15, 0.2) is 0 Å². The van der Waals surface area contributed by atoms with E-state index in [0.717, 1.165) is 31.7 Å². The van der Waals surface area contributed by atoms with Crippen molar-refractivity contribution in [3.8, 4) is 0 Å². The summed E-state index contributed by atoms with van der Waals surface area (Å²) in [5.74, 6) is 0. The lowest BCUT2D eigenvalue weighted by Gasteiger charge is -2.27. The molecule has 1 aromatic rings. The van der Waals surface area contributed by atoms with Crippen molar-refractivity contribution < 1.29 is 14.8 Å². The highest BCUT2D eigenvalue weighted by atomic mass is 16.5. The van der Waals surface area contributed by atoms with Crippen LogP contribution in [0.15, 0.2) is 24.3 Å². The van der Waals surface area contributed by atoms with Gasteiger partial charge in [0, 0.05) is 19.7 Å². The summed E-state index contributed by atoms with van der Waals surface area (Å²) in [5.41, 5.74) is 1.63. The number of rotatable bonds is 5. The Morgan fingerprint density at radius 3 is 2.89 bits per heavy atom. The van der Waals surface area contributed by atoms with Gasteiger partial charge in [-0.15, -0.1) is 0 Å². The van der Waals surface area contributed by atoms with Crippen molar-refractivity contribution in [3.05, 3.63) is 29.8 Å². The summed E-state index contributed by atoms with van der Waals surface area (Å²) >= 11 is 0. The smallest absolute Gasteiger partial charge is 0.423 e. The molecule has 4 nitrogen and oxygen atoms in total. The fourth-order valence-electron chi connectivity index (χ4n) is 2.53. The maximum atomic E-state index is 9.17. The van der Waals surface area contributed by atoms with Gasteiger partial charge in [-0.1, -0.05) is 24.3 Å². The van der Waals surface area contributed by atoms with Gasteiger partial charge < -0.3 is 14.8 Å². The molecule has 0 amide bonds. The largest absolute Gasteiger partial charge is 0.488 e. The van der Waals surface area contributed by atoms with E-state index in [1.165, 1.54) is 12.8 Å². The first-order valence-electron chi connectivity index (χ1n) is 6.90. The van der Waals surface area contributed by atoms with Gasteiger partial charge in [-0.25, -0.2) is 0 Å². The van der Waals surface area contributed by atoms with Crippen LogP contribution < -0.4 is 5.46 Å². The van der Waals surface area contributed by atoms with Gasteiger partial charge in [0.1, 0.15) is 0 Å². The molecule has 0 bridgehead atoms. The molecule has 104 valence electrons. The van der Waals surface area contributed by atoms with E-state index >= 15 is 0 Å². The van der Waals surface area contributed by atoms with Gasteiger partial charge in [-0.05, 0) is 37.3 Å². The lowest BCUT2D eigenvalue weighted by atomic mass is 9.79. The SMILES string of the molecule is CN(Cc1cccc(B(O)O)c1)CC1CCCCO1. The lowest BCUT2D eigenvalue weighted by molar-refractivity contribution is -0.00258. The Morgan fingerprint density at radius 1 is 1.37 bits per heavy atom. The van der Waals surface area contributed by atoms with Crippen molar-refractivity contribution in [1.82, 2.24) is 4.90 Å². The van der Waals surface area contributed by atoms with Crippen LogP contribution in [0, 0.1) is 0 Å². The minimum atomic E-state index is -1.40. The standard InChI is InChI=1S/C14H22BNO3/c1-16(11-14-7-2-3-8-19-14)10-12-5-4-6-13(9-12)15(17)18/h4-6,9,14,17-18H,2-3,7-8,10-11H2,1H3. The van der Waals surface area contributed by atoms with Crippen LogP contribution in [0.1, 0.15) is 24.8 Å². The normalized spacial score (nSPS) is 19.7. The van der Waals surface area contributed by atoms with Crippen molar-refractivity contribution >= 4 is 12.6 Å². The molecule has 5 heteroatoms. The topological polar surface area (TPSA) is 52.9 Å². The number of hydrogen-bond donors (Lipinski definition) is 2. The van der Waals surface area contributed by atoms with Crippen LogP contribution >= 0.6 is 0 Å². The average Bonchev–Trinajstić information content (AvgIpc) is 2.40. The molecule has 2 N–H and O–H groups in total. The monoisotopic (exact) mass is 263 g/mol. The quantitative estimate of drug-likeness (QED) is 0.753. The molecule has 1 saturated heterocycles. The van der Waals surface area contributed by atoms with E-state index < -0.39 is 7.12 Å². The van der Waals surface area contributed by atoms with Gasteiger partial charge >= 0.3 is 7.12 Å². The molecule has 0 spiro atoms. The van der Waals surface area contributed by atoms with Crippen LogP contribution in [0.3, 0.4) is 0 Å². The summed E-state index contributed by atoms with van der Waals surface area (Å²) < 4.78 is 5.73. The number of hydrogen-bond acceptors (Lipinski definition) is 4. The summed E-state index contributed by atoms with van der Waals surface area (Å²) in [6.07, 6.45) is 3.91. The first-order valence-corrected chi connectivity index (χ1v) is 6.90. The number of ether oxygens (including phenoxy) is 1. The summed E-state index contributed by atoms with van der Waals surface area (Å²) in [7, 11) is 0.673. The molecule has 0 saturated carbocycles. The molecule has 1 unspecified atom stereocenters. The molecule has 1 aliphatic heterocycles. The van der Waals surface area contributed by atoms with Gasteiger partial charge in [-0.3, -0.25) is 4.90 Å². The van der Waals surface area contributed by atoms with E-state index in [1.807, 2.05) is 18.2 Å². The van der Waals surface area contributed by atoms with Crippen LogP contribution in [0.4, 0.5) is 0 Å². The zero-order chi connectivity index (χ0) is 13.7. The Bertz CT molecular complexity index is 394. The van der Waals surface area contributed by atoms with Crippen LogP contribution in [-0.2, 0) is 11.3 Å². The molecule has 1 fully saturated rings. The molecule has 2 rings (SSSR count).